The fraction of sp³-hybridized carbons (Fsp3) is 0.643. The van der Waals surface area contributed by atoms with E-state index in [0.29, 0.717) is 13.1 Å². The quantitative estimate of drug-likeness (QED) is 0.808. The summed E-state index contributed by atoms with van der Waals surface area (Å²) in [7, 11) is 0. The third-order valence-corrected chi connectivity index (χ3v) is 4.47. The molecule has 1 aromatic rings. The third-order valence-electron chi connectivity index (χ3n) is 4.47. The van der Waals surface area contributed by atoms with Gasteiger partial charge in [-0.25, -0.2) is 0 Å². The second kappa shape index (κ2) is 5.48. The molecule has 21 heavy (non-hydrogen) atoms. The van der Waals surface area contributed by atoms with Crippen LogP contribution in [0.5, 0.6) is 0 Å². The Labute approximate surface area is 123 Å². The number of H-pyrrole nitrogens is 1. The van der Waals surface area contributed by atoms with E-state index in [2.05, 4.69) is 10.2 Å². The van der Waals surface area contributed by atoms with Gasteiger partial charge in [-0.15, -0.1) is 0 Å². The normalized spacial score (nSPS) is 30.0. The first-order chi connectivity index (χ1) is 10.1. The second-order valence-corrected chi connectivity index (χ2v) is 6.03. The van der Waals surface area contributed by atoms with Gasteiger partial charge in [0.05, 0.1) is 17.8 Å². The lowest BCUT2D eigenvalue weighted by Gasteiger charge is -2.37. The molecule has 0 bridgehead atoms. The summed E-state index contributed by atoms with van der Waals surface area (Å²) in [5, 5.41) is 6.55. The van der Waals surface area contributed by atoms with E-state index in [1.165, 1.54) is 0 Å². The molecule has 3 heterocycles. The first kappa shape index (κ1) is 14.1. The number of aromatic amines is 1. The van der Waals surface area contributed by atoms with Gasteiger partial charge in [-0.1, -0.05) is 0 Å². The molecule has 2 aliphatic rings. The van der Waals surface area contributed by atoms with Crippen LogP contribution in [0, 0.1) is 5.92 Å². The Hall–Kier alpha value is -1.89. The molecule has 1 aromatic heterocycles. The fourth-order valence-corrected chi connectivity index (χ4v) is 3.28. The summed E-state index contributed by atoms with van der Waals surface area (Å²) >= 11 is 0. The van der Waals surface area contributed by atoms with Gasteiger partial charge in [0.15, 0.2) is 0 Å². The average Bonchev–Trinajstić information content (AvgIpc) is 3.07. The maximum Gasteiger partial charge on any atom is 0.228 e. The molecule has 0 radical (unpaired) electrons. The molecule has 0 spiro atoms. The number of hydrogen-bond acceptors (Lipinski definition) is 4. The van der Waals surface area contributed by atoms with Gasteiger partial charge in [0.2, 0.25) is 11.8 Å². The van der Waals surface area contributed by atoms with Crippen LogP contribution >= 0.6 is 0 Å². The maximum atomic E-state index is 12.7. The van der Waals surface area contributed by atoms with Crippen molar-refractivity contribution in [1.29, 1.82) is 0 Å². The van der Waals surface area contributed by atoms with Crippen molar-refractivity contribution < 1.29 is 9.59 Å². The summed E-state index contributed by atoms with van der Waals surface area (Å²) in [5.41, 5.74) is 6.66. The van der Waals surface area contributed by atoms with E-state index in [9.17, 15) is 9.59 Å². The van der Waals surface area contributed by atoms with Crippen LogP contribution in [0.15, 0.2) is 12.4 Å². The van der Waals surface area contributed by atoms with Crippen molar-refractivity contribution in [3.63, 3.8) is 0 Å². The number of nitrogens with one attached hydrogen (secondary N) is 1. The van der Waals surface area contributed by atoms with Gasteiger partial charge in [-0.2, -0.15) is 5.10 Å². The zero-order valence-electron chi connectivity index (χ0n) is 12.2. The van der Waals surface area contributed by atoms with Crippen molar-refractivity contribution >= 4 is 17.5 Å². The number of rotatable bonds is 2. The Morgan fingerprint density at radius 1 is 1.52 bits per heavy atom. The van der Waals surface area contributed by atoms with E-state index >= 15 is 0 Å². The van der Waals surface area contributed by atoms with Crippen LogP contribution in [0.1, 0.15) is 26.2 Å². The van der Waals surface area contributed by atoms with Gasteiger partial charge in [-0.05, 0) is 19.8 Å². The van der Waals surface area contributed by atoms with Crippen molar-refractivity contribution in [3.05, 3.63) is 12.4 Å². The lowest BCUT2D eigenvalue weighted by Crippen LogP contribution is -2.50. The van der Waals surface area contributed by atoms with Crippen LogP contribution < -0.4 is 10.6 Å². The van der Waals surface area contributed by atoms with Crippen LogP contribution in [-0.2, 0) is 9.59 Å². The Balaban J connectivity index is 1.68. The number of nitrogens with zero attached hydrogens (tertiary/aromatic N) is 3. The van der Waals surface area contributed by atoms with Crippen LogP contribution in [0.3, 0.4) is 0 Å². The molecule has 2 amide bonds. The molecule has 0 aromatic carbocycles. The number of likely N-dealkylation sites (tertiary alicyclic amines) is 1. The summed E-state index contributed by atoms with van der Waals surface area (Å²) in [4.78, 5) is 28.3. The van der Waals surface area contributed by atoms with E-state index in [1.807, 2.05) is 11.8 Å². The molecule has 3 unspecified atom stereocenters. The molecular weight excluding hydrogens is 270 g/mol. The molecule has 0 saturated carbocycles. The van der Waals surface area contributed by atoms with Gasteiger partial charge in [0, 0.05) is 37.8 Å². The molecule has 2 aliphatic heterocycles. The first-order valence-corrected chi connectivity index (χ1v) is 7.41. The predicted octanol–water partition coefficient (Wildman–Crippen LogP) is 0.101. The SMILES string of the molecule is CC1CC(N)CCN1C(=O)C1CC(=O)N(c2cn[nH]c2)C1. The third kappa shape index (κ3) is 2.65. The van der Waals surface area contributed by atoms with E-state index in [4.69, 9.17) is 5.73 Å². The number of hydrogen-bond donors (Lipinski definition) is 2. The Morgan fingerprint density at radius 2 is 2.33 bits per heavy atom. The molecule has 7 nitrogen and oxygen atoms in total. The fourth-order valence-electron chi connectivity index (χ4n) is 3.28. The van der Waals surface area contributed by atoms with Crippen molar-refractivity contribution in [1.82, 2.24) is 15.1 Å². The largest absolute Gasteiger partial charge is 0.340 e. The summed E-state index contributed by atoms with van der Waals surface area (Å²) in [6.45, 7) is 3.16. The van der Waals surface area contributed by atoms with Crippen molar-refractivity contribution in [2.24, 2.45) is 11.7 Å². The second-order valence-electron chi connectivity index (χ2n) is 6.03. The Kier molecular flexibility index (Phi) is 3.67. The van der Waals surface area contributed by atoms with Gasteiger partial charge in [0.1, 0.15) is 0 Å². The monoisotopic (exact) mass is 291 g/mol. The van der Waals surface area contributed by atoms with Crippen molar-refractivity contribution in [2.75, 3.05) is 18.0 Å². The number of amides is 2. The molecule has 3 atom stereocenters. The van der Waals surface area contributed by atoms with Gasteiger partial charge in [-0.3, -0.25) is 14.7 Å². The molecule has 3 rings (SSSR count). The highest BCUT2D eigenvalue weighted by Crippen LogP contribution is 2.27. The highest BCUT2D eigenvalue weighted by atomic mass is 16.2. The lowest BCUT2D eigenvalue weighted by atomic mass is 9.96. The van der Waals surface area contributed by atoms with Crippen LogP contribution in [0.25, 0.3) is 0 Å². The number of anilines is 1. The minimum Gasteiger partial charge on any atom is -0.340 e. The van der Waals surface area contributed by atoms with Crippen molar-refractivity contribution in [2.45, 2.75) is 38.3 Å². The van der Waals surface area contributed by atoms with Crippen LogP contribution in [0.2, 0.25) is 0 Å². The molecule has 114 valence electrons. The number of carbonyl (C=O) groups excluding carboxylic acids is 2. The summed E-state index contributed by atoms with van der Waals surface area (Å²) in [6.07, 6.45) is 5.22. The highest BCUT2D eigenvalue weighted by Gasteiger charge is 2.39. The smallest absolute Gasteiger partial charge is 0.228 e. The molecule has 2 fully saturated rings. The number of carbonyl (C=O) groups is 2. The van der Waals surface area contributed by atoms with E-state index in [-0.39, 0.29) is 36.2 Å². The topological polar surface area (TPSA) is 95.3 Å². The average molecular weight is 291 g/mol. The molecule has 2 saturated heterocycles. The molecule has 0 aliphatic carbocycles. The first-order valence-electron chi connectivity index (χ1n) is 7.41. The van der Waals surface area contributed by atoms with Crippen molar-refractivity contribution in [3.8, 4) is 0 Å². The lowest BCUT2D eigenvalue weighted by molar-refractivity contribution is -0.139. The summed E-state index contributed by atoms with van der Waals surface area (Å²) in [5.74, 6) is -0.200. The van der Waals surface area contributed by atoms with E-state index < -0.39 is 0 Å². The summed E-state index contributed by atoms with van der Waals surface area (Å²) < 4.78 is 0. The standard InChI is InChI=1S/C14H21N5O2/c1-9-4-11(15)2-3-18(9)14(21)10-5-13(20)19(8-10)12-6-16-17-7-12/h6-7,9-11H,2-5,8,15H2,1H3,(H,16,17). The van der Waals surface area contributed by atoms with Gasteiger partial charge < -0.3 is 15.5 Å². The number of piperidine rings is 1. The van der Waals surface area contributed by atoms with Gasteiger partial charge >= 0.3 is 0 Å². The molecule has 3 N–H and O–H groups in total. The molecular formula is C14H21N5O2. The minimum atomic E-state index is -0.260. The zero-order valence-corrected chi connectivity index (χ0v) is 12.2. The predicted molar refractivity (Wildman–Crippen MR) is 77.4 cm³/mol. The number of aromatic nitrogens is 2. The number of nitrogens with two attached hydrogens (primary N) is 1. The summed E-state index contributed by atoms with van der Waals surface area (Å²) in [6, 6.07) is 0.330. The van der Waals surface area contributed by atoms with Gasteiger partial charge in [0.25, 0.3) is 0 Å². The van der Waals surface area contributed by atoms with E-state index in [1.54, 1.807) is 17.3 Å². The van der Waals surface area contributed by atoms with Crippen LogP contribution in [-0.4, -0.2) is 52.1 Å². The Bertz CT molecular complexity index is 529. The minimum absolute atomic E-state index is 0.0175. The van der Waals surface area contributed by atoms with E-state index in [0.717, 1.165) is 18.5 Å². The highest BCUT2D eigenvalue weighted by molar-refractivity contribution is 6.00. The zero-order chi connectivity index (χ0) is 15.0. The Morgan fingerprint density at radius 3 is 3.00 bits per heavy atom. The van der Waals surface area contributed by atoms with Crippen LogP contribution in [0.4, 0.5) is 5.69 Å². The maximum absolute atomic E-state index is 12.7. The molecule has 7 heteroatoms.